The molecule has 0 bridgehead atoms. The molecule has 1 aromatic rings. The lowest BCUT2D eigenvalue weighted by molar-refractivity contribution is -0.0868. The van der Waals surface area contributed by atoms with E-state index >= 15 is 0 Å². The lowest BCUT2D eigenvalue weighted by Gasteiger charge is -2.46. The Labute approximate surface area is 100 Å². The van der Waals surface area contributed by atoms with Crippen molar-refractivity contribution in [3.8, 4) is 0 Å². The molecule has 1 amide bonds. The summed E-state index contributed by atoms with van der Waals surface area (Å²) < 4.78 is 5.28. The van der Waals surface area contributed by atoms with Crippen molar-refractivity contribution in [1.82, 2.24) is 4.90 Å². The molecule has 2 rings (SSSR count). The van der Waals surface area contributed by atoms with Gasteiger partial charge in [0.15, 0.2) is 5.76 Å². The summed E-state index contributed by atoms with van der Waals surface area (Å²) in [5.74, 6) is 0.715. The molecular weight excluding hydrogens is 220 g/mol. The minimum atomic E-state index is -0.701. The highest BCUT2D eigenvalue weighted by Crippen LogP contribution is 2.27. The van der Waals surface area contributed by atoms with Gasteiger partial charge in [-0.1, -0.05) is 13.3 Å². The van der Waals surface area contributed by atoms with E-state index in [-0.39, 0.29) is 12.5 Å². The zero-order chi connectivity index (χ0) is 12.5. The van der Waals surface area contributed by atoms with Crippen LogP contribution in [0.3, 0.4) is 0 Å². The van der Waals surface area contributed by atoms with Gasteiger partial charge in [-0.05, 0) is 18.6 Å². The molecule has 1 fully saturated rings. The number of furan rings is 1. The Kier molecular flexibility index (Phi) is 3.22. The van der Waals surface area contributed by atoms with Crippen LogP contribution in [0.2, 0.25) is 0 Å². The van der Waals surface area contributed by atoms with Gasteiger partial charge in [0.1, 0.15) is 5.76 Å². The molecule has 0 radical (unpaired) electrons. The van der Waals surface area contributed by atoms with E-state index < -0.39 is 5.60 Å². The molecule has 1 saturated heterocycles. The predicted octanol–water partition coefficient (Wildman–Crippen LogP) is 0.725. The van der Waals surface area contributed by atoms with Crippen molar-refractivity contribution in [1.29, 1.82) is 0 Å². The molecule has 0 aliphatic carbocycles. The number of carbonyl (C=O) groups is 1. The predicted molar refractivity (Wildman–Crippen MR) is 62.4 cm³/mol. The van der Waals surface area contributed by atoms with E-state index in [0.717, 1.165) is 12.8 Å². The van der Waals surface area contributed by atoms with Crippen molar-refractivity contribution < 1.29 is 14.3 Å². The van der Waals surface area contributed by atoms with Crippen LogP contribution in [-0.4, -0.2) is 34.6 Å². The molecule has 5 nitrogen and oxygen atoms in total. The van der Waals surface area contributed by atoms with E-state index in [1.807, 2.05) is 6.92 Å². The number of β-amino-alcohol motifs (C(OH)–C–C–N with tert-alkyl or cyclic N) is 1. The van der Waals surface area contributed by atoms with Crippen molar-refractivity contribution in [3.63, 3.8) is 0 Å². The fourth-order valence-corrected chi connectivity index (χ4v) is 2.19. The topological polar surface area (TPSA) is 79.7 Å². The van der Waals surface area contributed by atoms with E-state index in [9.17, 15) is 9.90 Å². The van der Waals surface area contributed by atoms with Gasteiger partial charge in [0.25, 0.3) is 5.91 Å². The second kappa shape index (κ2) is 4.50. The van der Waals surface area contributed by atoms with Crippen LogP contribution >= 0.6 is 0 Å². The van der Waals surface area contributed by atoms with E-state index in [2.05, 4.69) is 0 Å². The third-order valence-corrected chi connectivity index (χ3v) is 3.05. The number of hydrogen-bond acceptors (Lipinski definition) is 4. The lowest BCUT2D eigenvalue weighted by atomic mass is 9.89. The van der Waals surface area contributed by atoms with E-state index in [1.54, 1.807) is 17.0 Å². The molecule has 0 unspecified atom stereocenters. The second-order valence-electron chi connectivity index (χ2n) is 4.61. The first-order valence-electron chi connectivity index (χ1n) is 5.88. The van der Waals surface area contributed by atoms with E-state index in [0.29, 0.717) is 24.6 Å². The molecule has 1 aliphatic rings. The van der Waals surface area contributed by atoms with Gasteiger partial charge in [-0.15, -0.1) is 0 Å². The molecule has 0 saturated carbocycles. The van der Waals surface area contributed by atoms with Gasteiger partial charge in [0, 0.05) is 0 Å². The number of aliphatic hydroxyl groups is 1. The van der Waals surface area contributed by atoms with Crippen molar-refractivity contribution in [2.45, 2.75) is 31.9 Å². The minimum absolute atomic E-state index is 0.175. The van der Waals surface area contributed by atoms with Gasteiger partial charge in [0.05, 0.1) is 25.2 Å². The number of hydrogen-bond donors (Lipinski definition) is 2. The van der Waals surface area contributed by atoms with Crippen molar-refractivity contribution in [2.24, 2.45) is 5.73 Å². The van der Waals surface area contributed by atoms with E-state index in [4.69, 9.17) is 10.2 Å². The number of likely N-dealkylation sites (tertiary alicyclic amines) is 1. The van der Waals surface area contributed by atoms with Crippen LogP contribution in [0.15, 0.2) is 16.5 Å². The Hall–Kier alpha value is -1.33. The molecule has 2 heterocycles. The van der Waals surface area contributed by atoms with Crippen LogP contribution in [0.25, 0.3) is 0 Å². The van der Waals surface area contributed by atoms with Crippen molar-refractivity contribution >= 4 is 5.91 Å². The Bertz CT molecular complexity index is 408. The summed E-state index contributed by atoms with van der Waals surface area (Å²) in [6, 6.07) is 3.33. The molecular formula is C12H18N2O3. The standard InChI is InChI=1S/C12H18N2O3/c1-2-5-12(16)7-14(8-12)11(15)10-4-3-9(6-13)17-10/h3-4,16H,2,5-8,13H2,1H3. The average Bonchev–Trinajstić information content (AvgIpc) is 2.73. The summed E-state index contributed by atoms with van der Waals surface area (Å²) in [5, 5.41) is 9.98. The Morgan fingerprint density at radius 2 is 2.29 bits per heavy atom. The molecule has 5 heteroatoms. The summed E-state index contributed by atoms with van der Waals surface area (Å²) in [6.07, 6.45) is 1.64. The van der Waals surface area contributed by atoms with Crippen molar-refractivity contribution in [2.75, 3.05) is 13.1 Å². The summed E-state index contributed by atoms with van der Waals surface area (Å²) in [5.41, 5.74) is 4.71. The number of nitrogens with two attached hydrogens (primary N) is 1. The molecule has 0 aromatic carbocycles. The van der Waals surface area contributed by atoms with Crippen LogP contribution in [0.4, 0.5) is 0 Å². The Morgan fingerprint density at radius 3 is 2.82 bits per heavy atom. The summed E-state index contributed by atoms with van der Waals surface area (Å²) in [4.78, 5) is 13.5. The maximum atomic E-state index is 11.9. The molecule has 17 heavy (non-hydrogen) atoms. The quantitative estimate of drug-likeness (QED) is 0.810. The highest BCUT2D eigenvalue weighted by Gasteiger charge is 2.43. The van der Waals surface area contributed by atoms with Crippen LogP contribution in [0, 0.1) is 0 Å². The largest absolute Gasteiger partial charge is 0.455 e. The summed E-state index contributed by atoms with van der Waals surface area (Å²) in [6.45, 7) is 3.08. The average molecular weight is 238 g/mol. The maximum Gasteiger partial charge on any atom is 0.289 e. The first-order valence-corrected chi connectivity index (χ1v) is 5.88. The minimum Gasteiger partial charge on any atom is -0.455 e. The molecule has 1 aliphatic heterocycles. The number of nitrogens with zero attached hydrogens (tertiary/aromatic N) is 1. The van der Waals surface area contributed by atoms with Gasteiger partial charge in [0.2, 0.25) is 0 Å². The SMILES string of the molecule is CCCC1(O)CN(C(=O)c2ccc(CN)o2)C1. The fraction of sp³-hybridized carbons (Fsp3) is 0.583. The van der Waals surface area contributed by atoms with E-state index in [1.165, 1.54) is 0 Å². The molecule has 0 atom stereocenters. The zero-order valence-electron chi connectivity index (χ0n) is 9.98. The van der Waals surface area contributed by atoms with Gasteiger partial charge in [-0.3, -0.25) is 4.79 Å². The molecule has 94 valence electrons. The van der Waals surface area contributed by atoms with Gasteiger partial charge < -0.3 is 20.2 Å². The summed E-state index contributed by atoms with van der Waals surface area (Å²) in [7, 11) is 0. The van der Waals surface area contributed by atoms with Crippen molar-refractivity contribution in [3.05, 3.63) is 23.7 Å². The monoisotopic (exact) mass is 238 g/mol. The third-order valence-electron chi connectivity index (χ3n) is 3.05. The van der Waals surface area contributed by atoms with Gasteiger partial charge >= 0.3 is 0 Å². The fourth-order valence-electron chi connectivity index (χ4n) is 2.19. The lowest BCUT2D eigenvalue weighted by Crippen LogP contribution is -2.63. The first kappa shape index (κ1) is 12.1. The Morgan fingerprint density at radius 1 is 1.59 bits per heavy atom. The second-order valence-corrected chi connectivity index (χ2v) is 4.61. The molecule has 0 spiro atoms. The molecule has 3 N–H and O–H groups in total. The maximum absolute atomic E-state index is 11.9. The normalized spacial score (nSPS) is 17.9. The zero-order valence-corrected chi connectivity index (χ0v) is 9.98. The van der Waals surface area contributed by atoms with Crippen LogP contribution in [0.1, 0.15) is 36.1 Å². The summed E-state index contributed by atoms with van der Waals surface area (Å²) >= 11 is 0. The van der Waals surface area contributed by atoms with Crippen LogP contribution in [0.5, 0.6) is 0 Å². The van der Waals surface area contributed by atoms with Crippen LogP contribution < -0.4 is 5.73 Å². The smallest absolute Gasteiger partial charge is 0.289 e. The highest BCUT2D eigenvalue weighted by atomic mass is 16.4. The number of rotatable bonds is 4. The van der Waals surface area contributed by atoms with Crippen LogP contribution in [-0.2, 0) is 6.54 Å². The number of carbonyl (C=O) groups excluding carboxylic acids is 1. The number of amides is 1. The molecule has 1 aromatic heterocycles. The highest BCUT2D eigenvalue weighted by molar-refractivity contribution is 5.92. The Balaban J connectivity index is 1.95. The first-order chi connectivity index (χ1) is 8.08. The van der Waals surface area contributed by atoms with Gasteiger partial charge in [-0.25, -0.2) is 0 Å². The third kappa shape index (κ3) is 2.35. The van der Waals surface area contributed by atoms with Gasteiger partial charge in [-0.2, -0.15) is 0 Å².